The minimum Gasteiger partial charge on any atom is -0.250 e. The van der Waals surface area contributed by atoms with Gasteiger partial charge in [0.05, 0.1) is 11.1 Å². The van der Waals surface area contributed by atoms with Crippen molar-refractivity contribution in [1.29, 1.82) is 5.26 Å². The van der Waals surface area contributed by atoms with Gasteiger partial charge in [0, 0.05) is 6.20 Å². The van der Waals surface area contributed by atoms with Crippen LogP contribution in [0.5, 0.6) is 0 Å². The molecule has 13 heavy (non-hydrogen) atoms. The standard InChI is InChI=1S/C10H12N2S/c1-3-10(2,8-11)13-9-6-4-5-7-12-9/h4-7H,3H2,1-2H3/t10-/m0/s1. The molecule has 1 heterocycles. The van der Waals surface area contributed by atoms with Gasteiger partial charge in [-0.25, -0.2) is 4.98 Å². The molecule has 0 N–H and O–H groups in total. The molecule has 0 amide bonds. The first-order chi connectivity index (χ1) is 6.20. The molecule has 1 aromatic heterocycles. The molecule has 0 aromatic carbocycles. The first kappa shape index (κ1) is 10.1. The molecule has 0 saturated carbocycles. The van der Waals surface area contributed by atoms with Gasteiger partial charge in [0.25, 0.3) is 0 Å². The number of hydrogen-bond donors (Lipinski definition) is 0. The molecule has 2 nitrogen and oxygen atoms in total. The monoisotopic (exact) mass is 192 g/mol. The largest absolute Gasteiger partial charge is 0.250 e. The van der Waals surface area contributed by atoms with Crippen molar-refractivity contribution in [2.75, 3.05) is 0 Å². The topological polar surface area (TPSA) is 36.7 Å². The second-order valence-corrected chi connectivity index (χ2v) is 4.49. The molecule has 0 bridgehead atoms. The maximum absolute atomic E-state index is 8.95. The predicted octanol–water partition coefficient (Wildman–Crippen LogP) is 2.87. The summed E-state index contributed by atoms with van der Waals surface area (Å²) in [7, 11) is 0. The molecular weight excluding hydrogens is 180 g/mol. The Morgan fingerprint density at radius 1 is 1.62 bits per heavy atom. The van der Waals surface area contributed by atoms with Crippen LogP contribution in [0, 0.1) is 11.3 Å². The Bertz CT molecular complexity index is 304. The molecule has 1 rings (SSSR count). The molecule has 68 valence electrons. The van der Waals surface area contributed by atoms with E-state index in [0.29, 0.717) is 0 Å². The van der Waals surface area contributed by atoms with Crippen LogP contribution in [-0.4, -0.2) is 9.73 Å². The lowest BCUT2D eigenvalue weighted by atomic mass is 10.1. The van der Waals surface area contributed by atoms with Gasteiger partial charge in [-0.2, -0.15) is 5.26 Å². The lowest BCUT2D eigenvalue weighted by molar-refractivity contribution is 0.766. The van der Waals surface area contributed by atoms with Gasteiger partial charge in [-0.05, 0) is 25.5 Å². The van der Waals surface area contributed by atoms with Crippen LogP contribution in [0.2, 0.25) is 0 Å². The van der Waals surface area contributed by atoms with Crippen LogP contribution in [-0.2, 0) is 0 Å². The summed E-state index contributed by atoms with van der Waals surface area (Å²) in [4.78, 5) is 4.17. The summed E-state index contributed by atoms with van der Waals surface area (Å²) in [5, 5.41) is 9.86. The second kappa shape index (κ2) is 4.29. The normalized spacial score (nSPS) is 14.5. The molecule has 0 aliphatic heterocycles. The molecule has 0 saturated heterocycles. The van der Waals surface area contributed by atoms with E-state index in [1.165, 1.54) is 11.8 Å². The number of thioether (sulfide) groups is 1. The zero-order valence-electron chi connectivity index (χ0n) is 7.82. The van der Waals surface area contributed by atoms with Gasteiger partial charge in [0.1, 0.15) is 4.75 Å². The lowest BCUT2D eigenvalue weighted by Crippen LogP contribution is -2.15. The van der Waals surface area contributed by atoms with E-state index >= 15 is 0 Å². The fourth-order valence-corrected chi connectivity index (χ4v) is 1.72. The van der Waals surface area contributed by atoms with E-state index in [0.717, 1.165) is 11.4 Å². The predicted molar refractivity (Wildman–Crippen MR) is 54.4 cm³/mol. The Hall–Kier alpha value is -1.01. The van der Waals surface area contributed by atoms with Crippen molar-refractivity contribution in [2.24, 2.45) is 0 Å². The van der Waals surface area contributed by atoms with Crippen LogP contribution in [0.25, 0.3) is 0 Å². The number of nitriles is 1. The molecule has 1 aromatic rings. The molecule has 0 unspecified atom stereocenters. The molecule has 0 fully saturated rings. The summed E-state index contributed by atoms with van der Waals surface area (Å²) in [6, 6.07) is 8.03. The smallest absolute Gasteiger partial charge is 0.105 e. The van der Waals surface area contributed by atoms with Crippen LogP contribution < -0.4 is 0 Å². The number of hydrogen-bond acceptors (Lipinski definition) is 3. The van der Waals surface area contributed by atoms with E-state index in [-0.39, 0.29) is 4.75 Å². The van der Waals surface area contributed by atoms with Gasteiger partial charge >= 0.3 is 0 Å². The quantitative estimate of drug-likeness (QED) is 0.691. The van der Waals surface area contributed by atoms with Crippen LogP contribution >= 0.6 is 11.8 Å². The molecule has 0 aliphatic rings. The number of pyridine rings is 1. The second-order valence-electron chi connectivity index (χ2n) is 2.97. The van der Waals surface area contributed by atoms with Crippen molar-refractivity contribution in [2.45, 2.75) is 30.0 Å². The Balaban J connectivity index is 2.75. The van der Waals surface area contributed by atoms with Crippen molar-refractivity contribution in [3.8, 4) is 6.07 Å². The number of rotatable bonds is 3. The summed E-state index contributed by atoms with van der Waals surface area (Å²) in [6.45, 7) is 3.95. The highest BCUT2D eigenvalue weighted by molar-refractivity contribution is 8.00. The van der Waals surface area contributed by atoms with Gasteiger partial charge in [-0.15, -0.1) is 0 Å². The maximum Gasteiger partial charge on any atom is 0.105 e. The summed E-state index contributed by atoms with van der Waals surface area (Å²) in [5.74, 6) is 0. The third-order valence-corrected chi connectivity index (χ3v) is 3.16. The third kappa shape index (κ3) is 2.74. The summed E-state index contributed by atoms with van der Waals surface area (Å²) >= 11 is 1.52. The van der Waals surface area contributed by atoms with Gasteiger partial charge in [0.15, 0.2) is 0 Å². The van der Waals surface area contributed by atoms with E-state index in [9.17, 15) is 0 Å². The highest BCUT2D eigenvalue weighted by atomic mass is 32.2. The summed E-state index contributed by atoms with van der Waals surface area (Å²) in [5.41, 5.74) is 0. The van der Waals surface area contributed by atoms with E-state index in [1.54, 1.807) is 6.20 Å². The van der Waals surface area contributed by atoms with Crippen molar-refractivity contribution >= 4 is 11.8 Å². The van der Waals surface area contributed by atoms with Crippen molar-refractivity contribution in [3.05, 3.63) is 24.4 Å². The Labute approximate surface area is 83.0 Å². The molecule has 0 aliphatic carbocycles. The minimum atomic E-state index is -0.353. The van der Waals surface area contributed by atoms with E-state index in [2.05, 4.69) is 11.1 Å². The van der Waals surface area contributed by atoms with Crippen LogP contribution in [0.3, 0.4) is 0 Å². The summed E-state index contributed by atoms with van der Waals surface area (Å²) < 4.78 is -0.353. The van der Waals surface area contributed by atoms with Crippen LogP contribution in [0.1, 0.15) is 20.3 Å². The molecule has 3 heteroatoms. The van der Waals surface area contributed by atoms with Crippen LogP contribution in [0.15, 0.2) is 29.4 Å². The SMILES string of the molecule is CC[C@@](C)(C#N)Sc1ccccn1. The lowest BCUT2D eigenvalue weighted by Gasteiger charge is -2.17. The van der Waals surface area contributed by atoms with E-state index < -0.39 is 0 Å². The van der Waals surface area contributed by atoms with E-state index in [4.69, 9.17) is 5.26 Å². The molecule has 1 atom stereocenters. The van der Waals surface area contributed by atoms with Gasteiger partial charge in [-0.3, -0.25) is 0 Å². The fourth-order valence-electron chi connectivity index (χ4n) is 0.812. The van der Waals surface area contributed by atoms with Crippen molar-refractivity contribution in [3.63, 3.8) is 0 Å². The first-order valence-corrected chi connectivity index (χ1v) is 5.03. The molecular formula is C10H12N2S. The van der Waals surface area contributed by atoms with Crippen molar-refractivity contribution in [1.82, 2.24) is 4.98 Å². The maximum atomic E-state index is 8.95. The van der Waals surface area contributed by atoms with E-state index in [1.807, 2.05) is 32.0 Å². The zero-order valence-corrected chi connectivity index (χ0v) is 8.64. The Kier molecular flexibility index (Phi) is 3.32. The Morgan fingerprint density at radius 3 is 2.85 bits per heavy atom. The molecule has 0 spiro atoms. The van der Waals surface area contributed by atoms with Gasteiger partial charge in [-0.1, -0.05) is 24.8 Å². The first-order valence-electron chi connectivity index (χ1n) is 4.21. The highest BCUT2D eigenvalue weighted by Gasteiger charge is 2.23. The highest BCUT2D eigenvalue weighted by Crippen LogP contribution is 2.33. The minimum absolute atomic E-state index is 0.353. The van der Waals surface area contributed by atoms with Gasteiger partial charge < -0.3 is 0 Å². The third-order valence-electron chi connectivity index (χ3n) is 1.88. The molecule has 0 radical (unpaired) electrons. The average molecular weight is 192 g/mol. The fraction of sp³-hybridized carbons (Fsp3) is 0.400. The average Bonchev–Trinajstić information content (AvgIpc) is 2.19. The Morgan fingerprint density at radius 2 is 2.38 bits per heavy atom. The zero-order chi connectivity index (χ0) is 9.73. The van der Waals surface area contributed by atoms with Gasteiger partial charge in [0.2, 0.25) is 0 Å². The van der Waals surface area contributed by atoms with Crippen LogP contribution in [0.4, 0.5) is 0 Å². The van der Waals surface area contributed by atoms with Crippen molar-refractivity contribution < 1.29 is 0 Å². The summed E-state index contributed by atoms with van der Waals surface area (Å²) in [6.07, 6.45) is 2.57. The number of nitrogens with zero attached hydrogens (tertiary/aromatic N) is 2. The number of aromatic nitrogens is 1.